The molecule has 0 saturated heterocycles. The van der Waals surface area contributed by atoms with Gasteiger partial charge in [0.05, 0.1) is 0 Å². The smallest absolute Gasteiger partial charge is 0.679 e. The molecule has 0 aliphatic rings. The van der Waals surface area contributed by atoms with Crippen molar-refractivity contribution < 1.29 is 64.4 Å². The number of nitrogens with zero attached hydrogens (tertiary/aromatic N) is 2. The summed E-state index contributed by atoms with van der Waals surface area (Å²) in [6, 6.07) is 0. The molecule has 0 spiro atoms. The Hall–Kier alpha value is 0.507. The van der Waals surface area contributed by atoms with Crippen LogP contribution in [0.1, 0.15) is 0 Å². The van der Waals surface area contributed by atoms with E-state index >= 15 is 0 Å². The molecule has 0 saturated carbocycles. The van der Waals surface area contributed by atoms with Crippen molar-refractivity contribution in [3.8, 4) is 0 Å². The van der Waals surface area contributed by atoms with Crippen molar-refractivity contribution in [1.29, 1.82) is 0 Å². The molecule has 0 aliphatic heterocycles. The molecule has 0 aromatic heterocycles. The van der Waals surface area contributed by atoms with Crippen molar-refractivity contribution in [3.63, 3.8) is 0 Å². The second-order valence-corrected chi connectivity index (χ2v) is 3.17. The number of nitrogens with one attached hydrogen (secondary N) is 4. The van der Waals surface area contributed by atoms with Crippen LogP contribution in [0.15, 0.2) is 0 Å². The summed E-state index contributed by atoms with van der Waals surface area (Å²) in [6.07, 6.45) is -4.07. The van der Waals surface area contributed by atoms with E-state index < -0.39 is 12.6 Å². The van der Waals surface area contributed by atoms with Crippen molar-refractivity contribution in [2.45, 2.75) is 12.6 Å². The molecule has 0 amide bonds. The van der Waals surface area contributed by atoms with Gasteiger partial charge < -0.3 is 64.9 Å². The maximum atomic E-state index is 7.69. The standard InChI is InChI=1S/2C4H10N3.C2H6O4.2Ni.2H2O/c2*5-1-3-7-4-2-6;3-1(4)2(5)6;;;;/h2*5-6H,1-4H2;1-6H;;;2*1H2/q2*-3;;2*+3;;/p+2. The molecular formula is C10H32N6Ni2O6+2. The average molecular weight is 450 g/mol. The zero-order valence-electron chi connectivity index (χ0n) is 13.3. The molecule has 14 N–H and O–H groups in total. The Morgan fingerprint density at radius 3 is 0.792 bits per heavy atom. The van der Waals surface area contributed by atoms with E-state index in [4.69, 9.17) is 43.4 Å². The minimum Gasteiger partial charge on any atom is -0.679 e. The molecule has 0 aromatic carbocycles. The van der Waals surface area contributed by atoms with Gasteiger partial charge in [-0.2, -0.15) is 52.4 Å². The Labute approximate surface area is 163 Å². The van der Waals surface area contributed by atoms with E-state index in [0.29, 0.717) is 52.4 Å². The molecule has 156 valence electrons. The molecule has 0 unspecified atom stereocenters. The van der Waals surface area contributed by atoms with Gasteiger partial charge >= 0.3 is 33.0 Å². The fraction of sp³-hybridized carbons (Fsp3) is 1.00. The van der Waals surface area contributed by atoms with Gasteiger partial charge in [-0.3, -0.25) is 0 Å². The second kappa shape index (κ2) is 43.7. The van der Waals surface area contributed by atoms with Crippen LogP contribution in [0.5, 0.6) is 0 Å². The fourth-order valence-electron chi connectivity index (χ4n) is 0.540. The van der Waals surface area contributed by atoms with Gasteiger partial charge in [-0.15, -0.1) is 0 Å². The number of rotatable bonds is 9. The van der Waals surface area contributed by atoms with E-state index in [1.54, 1.807) is 0 Å². The SMILES string of the molecule is OC(O)C(O)O.[NH-]CC[N-]CC[NH-].[NH-]CC[N-]CC[NH-].[Ni+3].[Ni+3].[OH3+].[OH3+]. The van der Waals surface area contributed by atoms with E-state index in [1.165, 1.54) is 0 Å². The van der Waals surface area contributed by atoms with Crippen molar-refractivity contribution in [2.24, 2.45) is 0 Å². The summed E-state index contributed by atoms with van der Waals surface area (Å²) in [5, 5.41) is 38.4. The topological polar surface area (TPSA) is 270 Å². The van der Waals surface area contributed by atoms with Crippen molar-refractivity contribution in [3.05, 3.63) is 33.6 Å². The Morgan fingerprint density at radius 1 is 0.542 bits per heavy atom. The summed E-state index contributed by atoms with van der Waals surface area (Å²) in [5.74, 6) is 0. The molecule has 0 atom stereocenters. The first-order chi connectivity index (χ1) is 9.47. The van der Waals surface area contributed by atoms with Gasteiger partial charge in [-0.25, -0.2) is 0 Å². The first kappa shape index (κ1) is 44.2. The van der Waals surface area contributed by atoms with Crippen molar-refractivity contribution in [1.82, 2.24) is 0 Å². The van der Waals surface area contributed by atoms with Gasteiger partial charge in [0.2, 0.25) is 12.6 Å². The van der Waals surface area contributed by atoms with Gasteiger partial charge in [0.1, 0.15) is 0 Å². The molecule has 0 bridgehead atoms. The van der Waals surface area contributed by atoms with Gasteiger partial charge in [0.15, 0.2) is 0 Å². The van der Waals surface area contributed by atoms with Crippen LogP contribution in [-0.4, -0.2) is 85.4 Å². The molecule has 0 aliphatic carbocycles. The predicted molar refractivity (Wildman–Crippen MR) is 89.1 cm³/mol. The Balaban J connectivity index is -0.0000000334. The van der Waals surface area contributed by atoms with Crippen molar-refractivity contribution >= 4 is 0 Å². The largest absolute Gasteiger partial charge is 3.00 e. The number of aliphatic hydroxyl groups is 4. The quantitative estimate of drug-likeness (QED) is 0.144. The van der Waals surface area contributed by atoms with Crippen molar-refractivity contribution in [2.75, 3.05) is 52.4 Å². The van der Waals surface area contributed by atoms with E-state index in [1.807, 2.05) is 0 Å². The van der Waals surface area contributed by atoms with Gasteiger partial charge in [0, 0.05) is 0 Å². The molecular weight excluding hydrogens is 418 g/mol. The molecule has 0 aromatic rings. The molecule has 14 heteroatoms. The summed E-state index contributed by atoms with van der Waals surface area (Å²) in [5.41, 5.74) is 26.5. The zero-order chi connectivity index (χ0) is 16.2. The molecule has 12 nitrogen and oxygen atoms in total. The fourth-order valence-corrected chi connectivity index (χ4v) is 0.540. The predicted octanol–water partition coefficient (Wildman–Crippen LogP) is -1.31. The second-order valence-electron chi connectivity index (χ2n) is 3.17. The average Bonchev–Trinajstić information content (AvgIpc) is 2.41. The Kier molecular flexibility index (Phi) is 80.5. The maximum Gasteiger partial charge on any atom is 3.00 e. The summed E-state index contributed by atoms with van der Waals surface area (Å²) < 4.78 is 0. The van der Waals surface area contributed by atoms with E-state index in [0.717, 1.165) is 0 Å². The first-order valence-electron chi connectivity index (χ1n) is 6.05. The van der Waals surface area contributed by atoms with Crippen LogP contribution in [0.4, 0.5) is 0 Å². The number of hydrogen-bond donors (Lipinski definition) is 4. The summed E-state index contributed by atoms with van der Waals surface area (Å²) in [6.45, 7) is 3.83. The van der Waals surface area contributed by atoms with Crippen LogP contribution in [0.3, 0.4) is 0 Å². The molecule has 2 radical (unpaired) electrons. The van der Waals surface area contributed by atoms with Crippen LogP contribution in [-0.2, 0) is 43.9 Å². The van der Waals surface area contributed by atoms with Crippen LogP contribution in [0.25, 0.3) is 33.6 Å². The molecule has 0 fully saturated rings. The number of hydrogen-bond acceptors (Lipinski definition) is 4. The molecule has 0 rings (SSSR count). The van der Waals surface area contributed by atoms with E-state index in [9.17, 15) is 0 Å². The summed E-state index contributed by atoms with van der Waals surface area (Å²) >= 11 is 0. The summed E-state index contributed by atoms with van der Waals surface area (Å²) in [7, 11) is 0. The van der Waals surface area contributed by atoms with Crippen LogP contribution < -0.4 is 0 Å². The Bertz CT molecular complexity index is 144. The van der Waals surface area contributed by atoms with Gasteiger partial charge in [0.25, 0.3) is 0 Å². The monoisotopic (exact) mass is 448 g/mol. The minimum atomic E-state index is -2.04. The normalized spacial score (nSPS) is 8.25. The van der Waals surface area contributed by atoms with Crippen LogP contribution >= 0.6 is 0 Å². The van der Waals surface area contributed by atoms with E-state index in [-0.39, 0.29) is 43.9 Å². The Morgan fingerprint density at radius 2 is 0.708 bits per heavy atom. The molecule has 0 heterocycles. The van der Waals surface area contributed by atoms with Gasteiger partial charge in [-0.05, 0) is 0 Å². The molecule has 24 heavy (non-hydrogen) atoms. The summed E-state index contributed by atoms with van der Waals surface area (Å²) in [4.78, 5) is 0. The first-order valence-corrected chi connectivity index (χ1v) is 6.05. The van der Waals surface area contributed by atoms with Crippen LogP contribution in [0, 0.1) is 0 Å². The third-order valence-electron chi connectivity index (χ3n) is 1.35. The van der Waals surface area contributed by atoms with Gasteiger partial charge in [-0.1, -0.05) is 0 Å². The maximum absolute atomic E-state index is 7.69. The number of aliphatic hydroxyl groups excluding tert-OH is 2. The van der Waals surface area contributed by atoms with Crippen LogP contribution in [0.2, 0.25) is 0 Å². The zero-order valence-corrected chi connectivity index (χ0v) is 15.3. The third kappa shape index (κ3) is 66.6. The third-order valence-corrected chi connectivity index (χ3v) is 1.35. The van der Waals surface area contributed by atoms with E-state index in [2.05, 4.69) is 10.6 Å². The minimum absolute atomic E-state index is 0.